The van der Waals surface area contributed by atoms with E-state index in [-0.39, 0.29) is 126 Å². The van der Waals surface area contributed by atoms with Gasteiger partial charge in [0.2, 0.25) is 0 Å². The Morgan fingerprint density at radius 1 is 1.00 bits per heavy atom. The van der Waals surface area contributed by atoms with E-state index in [2.05, 4.69) is 0 Å². The molecule has 0 unspecified atom stereocenters. The first-order valence-electron chi connectivity index (χ1n) is 0. The van der Waals surface area contributed by atoms with Crippen LogP contribution in [0.15, 0.2) is 0 Å². The number of hydrogen-bond donors (Lipinski definition) is 0. The van der Waals surface area contributed by atoms with Gasteiger partial charge in [-0.2, -0.15) is 0 Å². The van der Waals surface area contributed by atoms with Crippen LogP contribution in [0.3, 0.4) is 0 Å². The van der Waals surface area contributed by atoms with E-state index in [1.807, 2.05) is 0 Å². The summed E-state index contributed by atoms with van der Waals surface area (Å²) in [6, 6.07) is 0. The van der Waals surface area contributed by atoms with Gasteiger partial charge < -0.3 is 0 Å². The first-order chi connectivity index (χ1) is 0. The minimum Gasteiger partial charge on any atom is 0 e. The molecule has 14 valence electrons. The quantitative estimate of drug-likeness (QED) is 0.496. The van der Waals surface area contributed by atoms with Crippen LogP contribution in [-0.4, -0.2) is 23.1 Å². The summed E-state index contributed by atoms with van der Waals surface area (Å²) >= 11 is 0. The molecule has 4 heteroatoms. The normalized spacial score (nSPS) is 0. The monoisotopic (exact) mass is 350 g/mol. The Morgan fingerprint density at radius 2 is 1.00 bits per heavy atom. The average Bonchev–Trinajstić information content (AvgIpc) is 0. The standard InChI is InChI=1S/Ce.La.Mg.Sc.2H. The SMILES string of the molecule is [Ce].[La].[MgH2].[Sc]. The molecule has 0 aliphatic carbocycles. The second-order valence-corrected chi connectivity index (χ2v) is 0. The van der Waals surface area contributed by atoms with Crippen molar-refractivity contribution in [3.05, 3.63) is 0 Å². The maximum absolute atomic E-state index is 0. The second-order valence-electron chi connectivity index (χ2n) is 0. The zero-order valence-electron chi connectivity index (χ0n) is 1.65. The molecule has 0 nitrogen and oxygen atoms in total. The Hall–Kier alpha value is 4.21. The van der Waals surface area contributed by atoms with E-state index >= 15 is 0 Å². The molecule has 0 aliphatic rings. The van der Waals surface area contributed by atoms with E-state index in [1.54, 1.807) is 0 Å². The minimum absolute atomic E-state index is 0. The molecule has 0 aromatic carbocycles. The van der Waals surface area contributed by atoms with Crippen molar-refractivity contribution in [3.8, 4) is 0 Å². The van der Waals surface area contributed by atoms with Gasteiger partial charge >= 0.3 is 23.1 Å². The van der Waals surface area contributed by atoms with E-state index in [0.717, 1.165) is 0 Å². The van der Waals surface area contributed by atoms with Crippen LogP contribution in [-0.2, 0) is 25.8 Å². The zero-order valence-corrected chi connectivity index (χ0v) is 10.2. The van der Waals surface area contributed by atoms with Crippen molar-refractivity contribution in [1.29, 1.82) is 0 Å². The fraction of sp³-hybridized carbons (Fsp3) is 0. The van der Waals surface area contributed by atoms with E-state index < -0.39 is 0 Å². The second kappa shape index (κ2) is 15.7. The summed E-state index contributed by atoms with van der Waals surface area (Å²) in [6.45, 7) is 0. The summed E-state index contributed by atoms with van der Waals surface area (Å²) in [5.74, 6) is 0. The molecule has 0 saturated carbocycles. The van der Waals surface area contributed by atoms with E-state index in [1.165, 1.54) is 0 Å². The van der Waals surface area contributed by atoms with Gasteiger partial charge in [0, 0.05) is 103 Å². The molecule has 0 aromatic heterocycles. The van der Waals surface area contributed by atoms with Gasteiger partial charge in [0.05, 0.1) is 0 Å². The van der Waals surface area contributed by atoms with Crippen LogP contribution >= 0.6 is 0 Å². The molecule has 0 atom stereocenters. The summed E-state index contributed by atoms with van der Waals surface area (Å²) in [6.07, 6.45) is 0. The van der Waals surface area contributed by atoms with Gasteiger partial charge in [-0.1, -0.05) is 0 Å². The van der Waals surface area contributed by atoms with Crippen LogP contribution in [0, 0.1) is 77.3 Å². The van der Waals surface area contributed by atoms with Crippen LogP contribution < -0.4 is 0 Å². The van der Waals surface area contributed by atoms with Crippen LogP contribution in [0.2, 0.25) is 0 Å². The molecule has 0 rings (SSSR count). The van der Waals surface area contributed by atoms with Gasteiger partial charge in [-0.15, -0.1) is 0 Å². The van der Waals surface area contributed by atoms with Crippen molar-refractivity contribution in [3.63, 3.8) is 0 Å². The van der Waals surface area contributed by atoms with Crippen LogP contribution in [0.4, 0.5) is 0 Å². The fourth-order valence-electron chi connectivity index (χ4n) is 0. The molecule has 2 radical (unpaired) electrons. The molecule has 0 bridgehead atoms. The predicted octanol–water partition coefficient (Wildman–Crippen LogP) is -0.919. The van der Waals surface area contributed by atoms with Gasteiger partial charge in [-0.05, 0) is 0 Å². The first-order valence-corrected chi connectivity index (χ1v) is 0. The Bertz CT molecular complexity index is 8.00. The number of rotatable bonds is 0. The van der Waals surface area contributed by atoms with Crippen LogP contribution in [0.5, 0.6) is 0 Å². The predicted molar refractivity (Wildman–Crippen MR) is 8.54 cm³/mol. The summed E-state index contributed by atoms with van der Waals surface area (Å²) in [5, 5.41) is 0. The van der Waals surface area contributed by atoms with Crippen LogP contribution in [0.25, 0.3) is 0 Å². The Morgan fingerprint density at radius 3 is 1.00 bits per heavy atom. The molecule has 4 heavy (non-hydrogen) atoms. The smallest absolute Gasteiger partial charge is 0 e. The first kappa shape index (κ1) is 24.1. The molecule has 0 amide bonds. The van der Waals surface area contributed by atoms with Crippen molar-refractivity contribution in [2.24, 2.45) is 0 Å². The topological polar surface area (TPSA) is 0 Å². The zero-order chi connectivity index (χ0) is 0. The molecule has 0 N–H and O–H groups in total. The van der Waals surface area contributed by atoms with Crippen molar-refractivity contribution in [1.82, 2.24) is 0 Å². The van der Waals surface area contributed by atoms with Crippen molar-refractivity contribution < 1.29 is 103 Å². The fourth-order valence-corrected chi connectivity index (χ4v) is 0. The van der Waals surface area contributed by atoms with Crippen molar-refractivity contribution in [2.45, 2.75) is 0 Å². The minimum atomic E-state index is 0. The van der Waals surface area contributed by atoms with Gasteiger partial charge in [0.15, 0.2) is 0 Å². The summed E-state index contributed by atoms with van der Waals surface area (Å²) in [4.78, 5) is 0. The molecular formula is H2CeLaMgSc. The third-order valence-corrected chi connectivity index (χ3v) is 0. The van der Waals surface area contributed by atoms with Crippen molar-refractivity contribution >= 4 is 23.1 Å². The third kappa shape index (κ3) is 9.51. The third-order valence-electron chi connectivity index (χ3n) is 0. The maximum atomic E-state index is 0. The molecular weight excluding hydrogens is 348 g/mol. The van der Waals surface area contributed by atoms with Gasteiger partial charge in [-0.25, -0.2) is 0 Å². The van der Waals surface area contributed by atoms with E-state index in [4.69, 9.17) is 0 Å². The Labute approximate surface area is 123 Å². The average molecular weight is 350 g/mol. The molecule has 0 aliphatic heterocycles. The maximum Gasteiger partial charge on any atom is 0.316 e. The van der Waals surface area contributed by atoms with Crippen LogP contribution in [0.1, 0.15) is 0 Å². The molecule has 0 spiro atoms. The van der Waals surface area contributed by atoms with E-state index in [9.17, 15) is 0 Å². The molecule has 0 aromatic rings. The number of hydrogen-bond acceptors (Lipinski definition) is 0. The van der Waals surface area contributed by atoms with E-state index in [0.29, 0.717) is 0 Å². The van der Waals surface area contributed by atoms with Crippen molar-refractivity contribution in [2.75, 3.05) is 0 Å². The molecule has 0 saturated heterocycles. The molecule has 0 fully saturated rings. The molecule has 0 heterocycles. The van der Waals surface area contributed by atoms with Gasteiger partial charge in [0.25, 0.3) is 0 Å². The Balaban J connectivity index is 0. The summed E-state index contributed by atoms with van der Waals surface area (Å²) in [7, 11) is 0. The van der Waals surface area contributed by atoms with Gasteiger partial charge in [-0.3, -0.25) is 0 Å². The largest absolute Gasteiger partial charge is 0.316 e. The summed E-state index contributed by atoms with van der Waals surface area (Å²) < 4.78 is 0. The summed E-state index contributed by atoms with van der Waals surface area (Å²) in [5.41, 5.74) is 0. The van der Waals surface area contributed by atoms with Gasteiger partial charge in [0.1, 0.15) is 0 Å². The Kier molecular flexibility index (Phi) is 94.5.